The summed E-state index contributed by atoms with van der Waals surface area (Å²) in [6, 6.07) is 8.16. The van der Waals surface area contributed by atoms with E-state index in [2.05, 4.69) is 11.7 Å². The van der Waals surface area contributed by atoms with E-state index in [9.17, 15) is 24.3 Å². The SMILES string of the molecule is C=C[C@@H]1C[C@]1(CC(=O)[C@@H]1C[C@@H](Oc2cc(-n3cccn3)cc3c(Cl)c(OC)ccc23)CN1C(=O)[C@@H](CC(=O)OC1C[C@@H]2C[C@@H]2C1)C(C)(C)C)C(=O)O. The molecule has 7 rings (SSSR count). The zero-order valence-corrected chi connectivity index (χ0v) is 30.8. The van der Waals surface area contributed by atoms with Crippen LogP contribution in [-0.2, 0) is 23.9 Å². The number of allylic oxidation sites excluding steroid dienone is 1. The van der Waals surface area contributed by atoms with Crippen molar-refractivity contribution in [2.24, 2.45) is 34.5 Å². The fourth-order valence-electron chi connectivity index (χ4n) is 8.47. The van der Waals surface area contributed by atoms with E-state index in [0.29, 0.717) is 51.2 Å². The Bertz CT molecular complexity index is 1910. The summed E-state index contributed by atoms with van der Waals surface area (Å²) in [6.07, 6.45) is 7.33. The van der Waals surface area contributed by atoms with Crippen molar-refractivity contribution in [1.29, 1.82) is 0 Å². The molecule has 1 N–H and O–H groups in total. The van der Waals surface area contributed by atoms with Crippen LogP contribution < -0.4 is 9.47 Å². The Kier molecular flexibility index (Phi) is 9.38. The molecule has 4 fully saturated rings. The minimum atomic E-state index is -1.24. The number of carbonyl (C=O) groups is 4. The second-order valence-corrected chi connectivity index (χ2v) is 16.5. The number of methoxy groups -OCH3 is 1. The minimum absolute atomic E-state index is 0.0607. The Morgan fingerprint density at radius 2 is 1.83 bits per heavy atom. The van der Waals surface area contributed by atoms with Gasteiger partial charge in [-0.05, 0) is 73.1 Å². The Morgan fingerprint density at radius 3 is 2.44 bits per heavy atom. The molecule has 3 aromatic rings. The number of carbonyl (C=O) groups excluding carboxylic acids is 3. The molecule has 12 heteroatoms. The van der Waals surface area contributed by atoms with Crippen molar-refractivity contribution in [3.63, 3.8) is 0 Å². The Hall–Kier alpha value is -4.38. The van der Waals surface area contributed by atoms with Crippen LogP contribution in [0.2, 0.25) is 5.02 Å². The number of ketones is 1. The number of fused-ring (bicyclic) bond motifs is 2. The maximum Gasteiger partial charge on any atom is 0.310 e. The van der Waals surface area contributed by atoms with Crippen molar-refractivity contribution in [1.82, 2.24) is 14.7 Å². The molecule has 11 nitrogen and oxygen atoms in total. The van der Waals surface area contributed by atoms with Gasteiger partial charge in [-0.2, -0.15) is 5.10 Å². The molecule has 2 heterocycles. The van der Waals surface area contributed by atoms with Crippen LogP contribution in [0.3, 0.4) is 0 Å². The van der Waals surface area contributed by atoms with E-state index >= 15 is 0 Å². The van der Waals surface area contributed by atoms with E-state index in [1.165, 1.54) is 18.4 Å². The van der Waals surface area contributed by atoms with E-state index in [1.54, 1.807) is 35.3 Å². The molecule has 0 bridgehead atoms. The average molecular weight is 732 g/mol. The summed E-state index contributed by atoms with van der Waals surface area (Å²) >= 11 is 6.79. The number of ether oxygens (including phenoxy) is 3. The highest BCUT2D eigenvalue weighted by Crippen LogP contribution is 2.57. The van der Waals surface area contributed by atoms with Gasteiger partial charge < -0.3 is 24.2 Å². The monoisotopic (exact) mass is 731 g/mol. The molecule has 8 atom stereocenters. The van der Waals surface area contributed by atoms with Crippen LogP contribution in [-0.4, -0.2) is 75.3 Å². The number of carboxylic acids is 1. The van der Waals surface area contributed by atoms with E-state index in [0.717, 1.165) is 12.8 Å². The molecule has 52 heavy (non-hydrogen) atoms. The van der Waals surface area contributed by atoms with Crippen LogP contribution in [0.15, 0.2) is 55.4 Å². The lowest BCUT2D eigenvalue weighted by Gasteiger charge is -2.35. The number of esters is 1. The summed E-state index contributed by atoms with van der Waals surface area (Å²) in [7, 11) is 1.54. The van der Waals surface area contributed by atoms with Crippen LogP contribution >= 0.6 is 11.6 Å². The number of Topliss-reactive ketones (excluding diaryl/α,β-unsaturated/α-hetero) is 1. The number of hydrogen-bond donors (Lipinski definition) is 1. The van der Waals surface area contributed by atoms with Crippen molar-refractivity contribution < 1.29 is 38.5 Å². The summed E-state index contributed by atoms with van der Waals surface area (Å²) in [5.74, 6) is -1.04. The number of hydrogen-bond acceptors (Lipinski definition) is 8. The highest BCUT2D eigenvalue weighted by molar-refractivity contribution is 6.37. The quantitative estimate of drug-likeness (QED) is 0.151. The largest absolute Gasteiger partial charge is 0.495 e. The molecule has 1 aromatic heterocycles. The van der Waals surface area contributed by atoms with Gasteiger partial charge in [0.15, 0.2) is 5.78 Å². The summed E-state index contributed by atoms with van der Waals surface area (Å²) in [5, 5.41) is 16.3. The highest BCUT2D eigenvalue weighted by atomic mass is 35.5. The first kappa shape index (κ1) is 36.0. The maximum absolute atomic E-state index is 14.6. The second-order valence-electron chi connectivity index (χ2n) is 16.2. The molecule has 0 spiro atoms. The molecule has 0 radical (unpaired) electrons. The first-order chi connectivity index (χ1) is 24.7. The fourth-order valence-corrected chi connectivity index (χ4v) is 8.76. The van der Waals surface area contributed by atoms with Gasteiger partial charge in [0.2, 0.25) is 5.91 Å². The molecule has 3 aliphatic carbocycles. The number of benzene rings is 2. The second kappa shape index (κ2) is 13.5. The van der Waals surface area contributed by atoms with Gasteiger partial charge in [-0.1, -0.05) is 38.4 Å². The topological polar surface area (TPSA) is 137 Å². The average Bonchev–Trinajstić information content (AvgIpc) is 3.71. The molecule has 1 unspecified atom stereocenters. The number of nitrogens with zero attached hydrogens (tertiary/aromatic N) is 3. The van der Waals surface area contributed by atoms with Crippen molar-refractivity contribution in [2.75, 3.05) is 13.7 Å². The molecule has 1 aliphatic heterocycles. The summed E-state index contributed by atoms with van der Waals surface area (Å²) in [5.41, 5.74) is -1.21. The molecule has 4 aliphatic rings. The first-order valence-corrected chi connectivity index (χ1v) is 18.5. The third-order valence-corrected chi connectivity index (χ3v) is 12.1. The molecule has 1 saturated heterocycles. The first-order valence-electron chi connectivity index (χ1n) is 18.1. The van der Waals surface area contributed by atoms with Gasteiger partial charge in [-0.3, -0.25) is 19.2 Å². The molecule has 276 valence electrons. The van der Waals surface area contributed by atoms with Crippen molar-refractivity contribution in [3.05, 3.63) is 60.4 Å². The van der Waals surface area contributed by atoms with Crippen molar-refractivity contribution >= 4 is 46.0 Å². The number of likely N-dealkylation sites (tertiary alicyclic amines) is 1. The van der Waals surface area contributed by atoms with Gasteiger partial charge in [-0.15, -0.1) is 6.58 Å². The van der Waals surface area contributed by atoms with Crippen LogP contribution in [0.1, 0.15) is 65.7 Å². The van der Waals surface area contributed by atoms with Gasteiger partial charge in [0.1, 0.15) is 23.7 Å². The van der Waals surface area contributed by atoms with Gasteiger partial charge in [0.05, 0.1) is 48.2 Å². The third kappa shape index (κ3) is 6.79. The molecular weight excluding hydrogens is 686 g/mol. The van der Waals surface area contributed by atoms with E-state index in [1.807, 2.05) is 39.0 Å². The number of amides is 1. The van der Waals surface area contributed by atoms with Crippen molar-refractivity contribution in [2.45, 2.75) is 84.0 Å². The lowest BCUT2D eigenvalue weighted by Crippen LogP contribution is -2.48. The maximum atomic E-state index is 14.6. The smallest absolute Gasteiger partial charge is 0.310 e. The Labute approximate surface area is 308 Å². The Morgan fingerprint density at radius 1 is 1.08 bits per heavy atom. The lowest BCUT2D eigenvalue weighted by molar-refractivity contribution is -0.157. The fraction of sp³-hybridized carbons (Fsp3) is 0.525. The molecule has 1 amide bonds. The zero-order valence-electron chi connectivity index (χ0n) is 30.0. The van der Waals surface area contributed by atoms with Crippen LogP contribution in [0.5, 0.6) is 11.5 Å². The number of carboxylic acid groups (broad SMARTS) is 1. The number of aliphatic carboxylic acids is 1. The van der Waals surface area contributed by atoms with Gasteiger partial charge >= 0.3 is 11.9 Å². The van der Waals surface area contributed by atoms with Crippen molar-refractivity contribution in [3.8, 4) is 17.2 Å². The number of halogens is 1. The predicted molar refractivity (Wildman–Crippen MR) is 193 cm³/mol. The Balaban J connectivity index is 1.19. The van der Waals surface area contributed by atoms with E-state index in [4.69, 9.17) is 25.8 Å². The molecule has 3 saturated carbocycles. The van der Waals surface area contributed by atoms with Gasteiger partial charge in [0, 0.05) is 42.1 Å². The van der Waals surface area contributed by atoms with Gasteiger partial charge in [0.25, 0.3) is 0 Å². The standard InChI is InChI=1S/C40H46ClN3O8/c1-6-24-19-40(24,38(48)49)20-32(45)31-17-27(21-43(31)37(47)30(39(2,3)4)18-35(46)52-26-13-22-12-23(22)14-26)51-34-16-25(44-11-7-10-42-44)15-29-28(34)8-9-33(50-5)36(29)41/h6-11,15-16,22-24,26-27,30-31H,1,12-14,17-21H2,2-5H3,(H,48,49)/t22-,23+,24-,26?,27-,30-,31+,40-/m1/s1. The molecule has 2 aromatic carbocycles. The minimum Gasteiger partial charge on any atom is -0.495 e. The van der Waals surface area contributed by atoms with Crippen LogP contribution in [0.4, 0.5) is 0 Å². The lowest BCUT2D eigenvalue weighted by atomic mass is 9.77. The summed E-state index contributed by atoms with van der Waals surface area (Å²) in [4.78, 5) is 56.0. The number of rotatable bonds is 13. The summed E-state index contributed by atoms with van der Waals surface area (Å²) < 4.78 is 19.7. The highest BCUT2D eigenvalue weighted by Gasteiger charge is 2.61. The van der Waals surface area contributed by atoms with Crippen LogP contribution in [0, 0.1) is 34.5 Å². The van der Waals surface area contributed by atoms with E-state index < -0.39 is 40.8 Å². The van der Waals surface area contributed by atoms with Crippen LogP contribution in [0.25, 0.3) is 16.5 Å². The predicted octanol–water partition coefficient (Wildman–Crippen LogP) is 6.67. The summed E-state index contributed by atoms with van der Waals surface area (Å²) in [6.45, 7) is 9.53. The zero-order chi connectivity index (χ0) is 37.1. The third-order valence-electron chi connectivity index (χ3n) is 11.7. The molecular formula is C40H46ClN3O8. The number of aromatic nitrogens is 2. The van der Waals surface area contributed by atoms with Gasteiger partial charge in [-0.25, -0.2) is 4.68 Å². The van der Waals surface area contributed by atoms with E-state index in [-0.39, 0.29) is 49.5 Å². The normalized spacial score (nSPS) is 28.2.